The van der Waals surface area contributed by atoms with Gasteiger partial charge in [-0.1, -0.05) is 0 Å². The van der Waals surface area contributed by atoms with Crippen molar-refractivity contribution in [1.29, 1.82) is 0 Å². The van der Waals surface area contributed by atoms with Crippen LogP contribution in [-0.2, 0) is 6.42 Å². The topological polar surface area (TPSA) is 72.7 Å². The Balaban J connectivity index is 1.90. The number of carbonyl (C=O) groups excluding carboxylic acids is 1. The molecule has 0 N–H and O–H groups in total. The quantitative estimate of drug-likeness (QED) is 0.623. The third-order valence-electron chi connectivity index (χ3n) is 4.24. The lowest BCUT2D eigenvalue weighted by atomic mass is 10.00. The third-order valence-corrected chi connectivity index (χ3v) is 5.24. The summed E-state index contributed by atoms with van der Waals surface area (Å²) in [5, 5.41) is 13.3. The van der Waals surface area contributed by atoms with Gasteiger partial charge < -0.3 is 9.64 Å². The van der Waals surface area contributed by atoms with Crippen LogP contribution in [0.3, 0.4) is 0 Å². The van der Waals surface area contributed by atoms with Gasteiger partial charge in [-0.25, -0.2) is 0 Å². The van der Waals surface area contributed by atoms with Crippen molar-refractivity contribution in [1.82, 2.24) is 4.90 Å². The molecule has 0 aliphatic carbocycles. The summed E-state index contributed by atoms with van der Waals surface area (Å²) in [5.74, 6) is -0.00337. The Morgan fingerprint density at radius 2 is 2.25 bits per heavy atom. The molecule has 126 valence electrons. The summed E-state index contributed by atoms with van der Waals surface area (Å²) in [6.45, 7) is 4.70. The van der Waals surface area contributed by atoms with Crippen molar-refractivity contribution in [2.24, 2.45) is 0 Å². The van der Waals surface area contributed by atoms with Crippen LogP contribution in [-0.4, -0.2) is 28.9 Å². The summed E-state index contributed by atoms with van der Waals surface area (Å²) in [5.41, 5.74) is 1.30. The molecule has 7 heteroatoms. The fourth-order valence-electron chi connectivity index (χ4n) is 3.02. The number of ether oxygens (including phenoxy) is 1. The molecule has 1 amide bonds. The van der Waals surface area contributed by atoms with E-state index in [1.807, 2.05) is 18.4 Å². The van der Waals surface area contributed by atoms with E-state index in [9.17, 15) is 14.9 Å². The maximum atomic E-state index is 12.9. The third kappa shape index (κ3) is 2.87. The molecule has 2 heterocycles. The molecule has 2 aromatic rings. The molecule has 24 heavy (non-hydrogen) atoms. The van der Waals surface area contributed by atoms with Gasteiger partial charge in [0.15, 0.2) is 5.75 Å². The van der Waals surface area contributed by atoms with Gasteiger partial charge in [0, 0.05) is 23.1 Å². The lowest BCUT2D eigenvalue weighted by molar-refractivity contribution is -0.385. The maximum Gasteiger partial charge on any atom is 0.311 e. The van der Waals surface area contributed by atoms with Gasteiger partial charge in [0.1, 0.15) is 0 Å². The van der Waals surface area contributed by atoms with Gasteiger partial charge in [0.25, 0.3) is 5.91 Å². The monoisotopic (exact) mass is 346 g/mol. The van der Waals surface area contributed by atoms with Gasteiger partial charge in [-0.3, -0.25) is 14.9 Å². The van der Waals surface area contributed by atoms with E-state index in [1.54, 1.807) is 29.2 Å². The zero-order valence-corrected chi connectivity index (χ0v) is 14.3. The summed E-state index contributed by atoms with van der Waals surface area (Å²) < 4.78 is 5.27. The lowest BCUT2D eigenvalue weighted by Crippen LogP contribution is -2.38. The van der Waals surface area contributed by atoms with Crippen molar-refractivity contribution in [3.8, 4) is 5.75 Å². The second-order valence-corrected chi connectivity index (χ2v) is 6.60. The highest BCUT2D eigenvalue weighted by atomic mass is 32.1. The predicted octanol–water partition coefficient (Wildman–Crippen LogP) is 3.81. The molecule has 1 aromatic carbocycles. The number of hydrogen-bond acceptors (Lipinski definition) is 5. The van der Waals surface area contributed by atoms with Crippen molar-refractivity contribution in [2.45, 2.75) is 26.3 Å². The fraction of sp³-hybridized carbons (Fsp3) is 0.353. The minimum Gasteiger partial charge on any atom is -0.487 e. The second-order valence-electron chi connectivity index (χ2n) is 5.60. The molecule has 0 saturated heterocycles. The van der Waals surface area contributed by atoms with E-state index in [0.717, 1.165) is 6.42 Å². The van der Waals surface area contributed by atoms with E-state index in [0.29, 0.717) is 18.7 Å². The molecular weight excluding hydrogens is 328 g/mol. The van der Waals surface area contributed by atoms with Gasteiger partial charge in [0.2, 0.25) is 0 Å². The number of fused-ring (bicyclic) bond motifs is 1. The van der Waals surface area contributed by atoms with E-state index >= 15 is 0 Å². The SMILES string of the molecule is CCOc1ccc(C(=O)N2CCc3sccc3[C@@H]2C)cc1[N+](=O)[O-]. The molecule has 0 saturated carbocycles. The number of amides is 1. The van der Waals surface area contributed by atoms with Crippen molar-refractivity contribution in [2.75, 3.05) is 13.2 Å². The Morgan fingerprint density at radius 1 is 1.46 bits per heavy atom. The summed E-state index contributed by atoms with van der Waals surface area (Å²) in [4.78, 5) is 26.7. The first-order valence-electron chi connectivity index (χ1n) is 7.81. The van der Waals surface area contributed by atoms with Gasteiger partial charge in [-0.2, -0.15) is 0 Å². The van der Waals surface area contributed by atoms with E-state index in [1.165, 1.54) is 22.6 Å². The van der Waals surface area contributed by atoms with Crippen LogP contribution in [0, 0.1) is 10.1 Å². The van der Waals surface area contributed by atoms with Crippen molar-refractivity contribution in [3.05, 3.63) is 55.8 Å². The van der Waals surface area contributed by atoms with E-state index in [2.05, 4.69) is 0 Å². The number of nitro benzene ring substituents is 1. The van der Waals surface area contributed by atoms with Crippen molar-refractivity contribution >= 4 is 22.9 Å². The van der Waals surface area contributed by atoms with Gasteiger partial charge >= 0.3 is 5.69 Å². The second kappa shape index (κ2) is 6.60. The Kier molecular flexibility index (Phi) is 4.53. The summed E-state index contributed by atoms with van der Waals surface area (Å²) in [6.07, 6.45) is 0.822. The summed E-state index contributed by atoms with van der Waals surface area (Å²) in [6, 6.07) is 6.42. The summed E-state index contributed by atoms with van der Waals surface area (Å²) in [7, 11) is 0. The normalized spacial score (nSPS) is 16.6. The number of nitro groups is 1. The molecule has 0 fully saturated rings. The van der Waals surface area contributed by atoms with Crippen LogP contribution in [0.2, 0.25) is 0 Å². The predicted molar refractivity (Wildman–Crippen MR) is 91.7 cm³/mol. The zero-order chi connectivity index (χ0) is 17.3. The van der Waals surface area contributed by atoms with Crippen LogP contribution in [0.5, 0.6) is 5.75 Å². The number of benzene rings is 1. The average Bonchev–Trinajstić information content (AvgIpc) is 3.04. The van der Waals surface area contributed by atoms with Gasteiger partial charge in [-0.05, 0) is 49.4 Å². The first-order chi connectivity index (χ1) is 11.5. The molecule has 3 rings (SSSR count). The minimum atomic E-state index is -0.515. The first kappa shape index (κ1) is 16.4. The van der Waals surface area contributed by atoms with Gasteiger partial charge in [0.05, 0.1) is 17.6 Å². The highest BCUT2D eigenvalue weighted by Crippen LogP contribution is 2.35. The molecule has 0 bridgehead atoms. The molecule has 1 atom stereocenters. The Labute approximate surface area is 143 Å². The van der Waals surface area contributed by atoms with E-state index in [-0.39, 0.29) is 23.4 Å². The summed E-state index contributed by atoms with van der Waals surface area (Å²) >= 11 is 1.71. The number of carbonyl (C=O) groups is 1. The maximum absolute atomic E-state index is 12.9. The van der Waals surface area contributed by atoms with Crippen LogP contribution in [0.15, 0.2) is 29.6 Å². The fourth-order valence-corrected chi connectivity index (χ4v) is 3.99. The lowest BCUT2D eigenvalue weighted by Gasteiger charge is -2.33. The molecule has 0 spiro atoms. The van der Waals surface area contributed by atoms with Crippen LogP contribution in [0.25, 0.3) is 0 Å². The molecular formula is C17H18N2O4S. The number of thiophene rings is 1. The number of rotatable bonds is 4. The van der Waals surface area contributed by atoms with Gasteiger partial charge in [-0.15, -0.1) is 11.3 Å². The first-order valence-corrected chi connectivity index (χ1v) is 8.69. The largest absolute Gasteiger partial charge is 0.487 e. The van der Waals surface area contributed by atoms with Crippen LogP contribution in [0.4, 0.5) is 5.69 Å². The van der Waals surface area contributed by atoms with Crippen LogP contribution >= 0.6 is 11.3 Å². The van der Waals surface area contributed by atoms with Crippen LogP contribution in [0.1, 0.15) is 40.7 Å². The molecule has 1 aliphatic heterocycles. The highest BCUT2D eigenvalue weighted by Gasteiger charge is 2.30. The van der Waals surface area contributed by atoms with Crippen molar-refractivity contribution in [3.63, 3.8) is 0 Å². The molecule has 1 aromatic heterocycles. The number of hydrogen-bond donors (Lipinski definition) is 0. The minimum absolute atomic E-state index is 0.0295. The Hall–Kier alpha value is -2.41. The zero-order valence-electron chi connectivity index (χ0n) is 13.5. The molecule has 0 radical (unpaired) electrons. The Bertz CT molecular complexity index is 787. The Morgan fingerprint density at radius 3 is 2.96 bits per heavy atom. The number of nitrogens with zero attached hydrogens (tertiary/aromatic N) is 2. The average molecular weight is 346 g/mol. The van der Waals surface area contributed by atoms with Crippen molar-refractivity contribution < 1.29 is 14.5 Å². The standard InChI is InChI=1S/C17H18N2O4S/c1-3-23-15-5-4-12(10-14(15)19(21)22)17(20)18-8-6-16-13(11(18)2)7-9-24-16/h4-5,7,9-11H,3,6,8H2,1-2H3/t11-/m0/s1. The highest BCUT2D eigenvalue weighted by molar-refractivity contribution is 7.10. The smallest absolute Gasteiger partial charge is 0.311 e. The van der Waals surface area contributed by atoms with E-state index in [4.69, 9.17) is 4.74 Å². The molecule has 0 unspecified atom stereocenters. The van der Waals surface area contributed by atoms with Crippen LogP contribution < -0.4 is 4.74 Å². The van der Waals surface area contributed by atoms with E-state index < -0.39 is 4.92 Å². The molecule has 1 aliphatic rings. The molecule has 6 nitrogen and oxygen atoms in total.